The van der Waals surface area contributed by atoms with Gasteiger partial charge in [-0.25, -0.2) is 4.98 Å². The summed E-state index contributed by atoms with van der Waals surface area (Å²) in [7, 11) is 1.75. The van der Waals surface area contributed by atoms with Crippen LogP contribution in [0.1, 0.15) is 18.5 Å². The Balaban J connectivity index is 1.84. The van der Waals surface area contributed by atoms with Gasteiger partial charge in [-0.05, 0) is 53.0 Å². The summed E-state index contributed by atoms with van der Waals surface area (Å²) in [6.07, 6.45) is 5.55. The minimum atomic E-state index is 0.0655. The highest BCUT2D eigenvalue weighted by atomic mass is 79.9. The molecule has 104 valence electrons. The molecule has 0 atom stereocenters. The van der Waals surface area contributed by atoms with Gasteiger partial charge in [-0.2, -0.15) is 0 Å². The molecule has 4 nitrogen and oxygen atoms in total. The molecule has 0 spiro atoms. The van der Waals surface area contributed by atoms with E-state index in [4.69, 9.17) is 0 Å². The van der Waals surface area contributed by atoms with Crippen molar-refractivity contribution >= 4 is 27.7 Å². The highest BCUT2D eigenvalue weighted by Gasteiger charge is 2.11. The van der Waals surface area contributed by atoms with Gasteiger partial charge in [0.1, 0.15) is 5.82 Å². The van der Waals surface area contributed by atoms with Crippen molar-refractivity contribution in [1.82, 2.24) is 9.97 Å². The standard InChI is InChI=1S/C15H16BrN3O/c1-19(14-9-8-12(16)11-18-14)15(20)7-4-6-13-5-2-3-10-17-13/h2-3,5,8-11H,4,6-7H2,1H3. The van der Waals surface area contributed by atoms with E-state index in [0.717, 1.165) is 23.0 Å². The largest absolute Gasteiger partial charge is 0.300 e. The van der Waals surface area contributed by atoms with E-state index in [-0.39, 0.29) is 5.91 Å². The van der Waals surface area contributed by atoms with Crippen LogP contribution in [0.25, 0.3) is 0 Å². The van der Waals surface area contributed by atoms with Crippen molar-refractivity contribution in [3.05, 3.63) is 52.9 Å². The van der Waals surface area contributed by atoms with Crippen LogP contribution in [-0.4, -0.2) is 22.9 Å². The van der Waals surface area contributed by atoms with E-state index < -0.39 is 0 Å². The number of hydrogen-bond acceptors (Lipinski definition) is 3. The smallest absolute Gasteiger partial charge is 0.227 e. The van der Waals surface area contributed by atoms with Crippen LogP contribution in [0, 0.1) is 0 Å². The van der Waals surface area contributed by atoms with Gasteiger partial charge in [0.2, 0.25) is 5.91 Å². The van der Waals surface area contributed by atoms with Crippen LogP contribution in [-0.2, 0) is 11.2 Å². The van der Waals surface area contributed by atoms with Crippen molar-refractivity contribution in [2.45, 2.75) is 19.3 Å². The van der Waals surface area contributed by atoms with Gasteiger partial charge in [0.15, 0.2) is 0 Å². The molecule has 1 amide bonds. The van der Waals surface area contributed by atoms with Crippen molar-refractivity contribution in [3.8, 4) is 0 Å². The van der Waals surface area contributed by atoms with E-state index in [2.05, 4.69) is 25.9 Å². The first-order valence-corrected chi connectivity index (χ1v) is 7.24. The van der Waals surface area contributed by atoms with Crippen LogP contribution in [0.5, 0.6) is 0 Å². The molecule has 5 heteroatoms. The normalized spacial score (nSPS) is 10.3. The maximum atomic E-state index is 12.1. The summed E-state index contributed by atoms with van der Waals surface area (Å²) in [4.78, 5) is 22.1. The molecule has 20 heavy (non-hydrogen) atoms. The molecule has 2 rings (SSSR count). The van der Waals surface area contributed by atoms with Gasteiger partial charge in [-0.15, -0.1) is 0 Å². The van der Waals surface area contributed by atoms with Gasteiger partial charge in [-0.3, -0.25) is 14.7 Å². The van der Waals surface area contributed by atoms with Crippen molar-refractivity contribution < 1.29 is 4.79 Å². The summed E-state index contributed by atoms with van der Waals surface area (Å²) in [5.74, 6) is 0.729. The summed E-state index contributed by atoms with van der Waals surface area (Å²) in [6.45, 7) is 0. The summed E-state index contributed by atoms with van der Waals surface area (Å²) >= 11 is 3.33. The number of hydrogen-bond donors (Lipinski definition) is 0. The van der Waals surface area contributed by atoms with E-state index in [9.17, 15) is 4.79 Å². The fraction of sp³-hybridized carbons (Fsp3) is 0.267. The number of rotatable bonds is 5. The van der Waals surface area contributed by atoms with Crippen LogP contribution >= 0.6 is 15.9 Å². The van der Waals surface area contributed by atoms with Crippen LogP contribution in [0.4, 0.5) is 5.82 Å². The molecule has 2 heterocycles. The quantitative estimate of drug-likeness (QED) is 0.843. The Kier molecular flexibility index (Phi) is 5.24. The molecule has 0 aliphatic heterocycles. The fourth-order valence-electron chi connectivity index (χ4n) is 1.83. The van der Waals surface area contributed by atoms with Crippen molar-refractivity contribution in [1.29, 1.82) is 0 Å². The van der Waals surface area contributed by atoms with Crippen LogP contribution < -0.4 is 4.90 Å². The number of nitrogens with zero attached hydrogens (tertiary/aromatic N) is 3. The highest BCUT2D eigenvalue weighted by Crippen LogP contribution is 2.15. The summed E-state index contributed by atoms with van der Waals surface area (Å²) in [5, 5.41) is 0. The first-order valence-electron chi connectivity index (χ1n) is 6.45. The summed E-state index contributed by atoms with van der Waals surface area (Å²) in [5.41, 5.74) is 1.02. The lowest BCUT2D eigenvalue weighted by Gasteiger charge is -2.16. The van der Waals surface area contributed by atoms with Gasteiger partial charge in [0, 0.05) is 36.0 Å². The van der Waals surface area contributed by atoms with E-state index in [1.807, 2.05) is 30.3 Å². The zero-order chi connectivity index (χ0) is 14.4. The Labute approximate surface area is 127 Å². The SMILES string of the molecule is CN(C(=O)CCCc1ccccn1)c1ccc(Br)cn1. The number of pyridine rings is 2. The molecule has 2 aromatic rings. The molecular weight excluding hydrogens is 318 g/mol. The second-order valence-corrected chi connectivity index (χ2v) is 5.38. The van der Waals surface area contributed by atoms with Crippen molar-refractivity contribution in [2.75, 3.05) is 11.9 Å². The van der Waals surface area contributed by atoms with Gasteiger partial charge in [0.25, 0.3) is 0 Å². The second-order valence-electron chi connectivity index (χ2n) is 4.46. The molecule has 0 radical (unpaired) electrons. The predicted molar refractivity (Wildman–Crippen MR) is 82.5 cm³/mol. The zero-order valence-corrected chi connectivity index (χ0v) is 12.9. The molecule has 0 aliphatic rings. The molecule has 0 bridgehead atoms. The second kappa shape index (κ2) is 7.14. The zero-order valence-electron chi connectivity index (χ0n) is 11.3. The maximum absolute atomic E-state index is 12.1. The lowest BCUT2D eigenvalue weighted by atomic mass is 10.1. The van der Waals surface area contributed by atoms with Crippen LogP contribution in [0.3, 0.4) is 0 Å². The number of aryl methyl sites for hydroxylation is 1. The average Bonchev–Trinajstić information content (AvgIpc) is 2.48. The molecule has 0 fully saturated rings. The Bertz CT molecular complexity index is 557. The minimum Gasteiger partial charge on any atom is -0.300 e. The number of amides is 1. The Morgan fingerprint density at radius 2 is 2.10 bits per heavy atom. The Hall–Kier alpha value is -1.75. The third-order valence-electron chi connectivity index (χ3n) is 2.98. The van der Waals surface area contributed by atoms with E-state index >= 15 is 0 Å². The van der Waals surface area contributed by atoms with Gasteiger partial charge >= 0.3 is 0 Å². The molecule has 0 aromatic carbocycles. The molecule has 0 unspecified atom stereocenters. The molecule has 0 saturated heterocycles. The highest BCUT2D eigenvalue weighted by molar-refractivity contribution is 9.10. The van der Waals surface area contributed by atoms with Gasteiger partial charge in [-0.1, -0.05) is 6.07 Å². The van der Waals surface area contributed by atoms with Crippen LogP contribution in [0.2, 0.25) is 0 Å². The lowest BCUT2D eigenvalue weighted by Crippen LogP contribution is -2.26. The third kappa shape index (κ3) is 4.13. The minimum absolute atomic E-state index is 0.0655. The van der Waals surface area contributed by atoms with E-state index in [0.29, 0.717) is 12.2 Å². The van der Waals surface area contributed by atoms with Crippen LogP contribution in [0.15, 0.2) is 47.2 Å². The first kappa shape index (κ1) is 14.7. The summed E-state index contributed by atoms with van der Waals surface area (Å²) in [6, 6.07) is 9.52. The maximum Gasteiger partial charge on any atom is 0.227 e. The molecule has 0 N–H and O–H groups in total. The molecular formula is C15H16BrN3O. The van der Waals surface area contributed by atoms with E-state index in [1.165, 1.54) is 0 Å². The first-order chi connectivity index (χ1) is 9.66. The number of carbonyl (C=O) groups excluding carboxylic acids is 1. The van der Waals surface area contributed by atoms with Crippen molar-refractivity contribution in [3.63, 3.8) is 0 Å². The number of halogens is 1. The monoisotopic (exact) mass is 333 g/mol. The molecule has 2 aromatic heterocycles. The topological polar surface area (TPSA) is 46.1 Å². The fourth-order valence-corrected chi connectivity index (χ4v) is 2.06. The lowest BCUT2D eigenvalue weighted by molar-refractivity contribution is -0.118. The third-order valence-corrected chi connectivity index (χ3v) is 3.45. The number of anilines is 1. The van der Waals surface area contributed by atoms with Gasteiger partial charge < -0.3 is 0 Å². The number of carbonyl (C=O) groups is 1. The number of aromatic nitrogens is 2. The summed E-state index contributed by atoms with van der Waals surface area (Å²) < 4.78 is 0.900. The molecule has 0 saturated carbocycles. The van der Waals surface area contributed by atoms with E-state index in [1.54, 1.807) is 24.3 Å². The predicted octanol–water partition coefficient (Wildman–Crippen LogP) is 3.22. The Morgan fingerprint density at radius 3 is 2.75 bits per heavy atom. The Morgan fingerprint density at radius 1 is 1.25 bits per heavy atom. The van der Waals surface area contributed by atoms with Crippen molar-refractivity contribution in [2.24, 2.45) is 0 Å². The molecule has 0 aliphatic carbocycles. The van der Waals surface area contributed by atoms with Gasteiger partial charge in [0.05, 0.1) is 0 Å². The average molecular weight is 334 g/mol.